The van der Waals surface area contributed by atoms with Crippen LogP contribution >= 0.6 is 0 Å². The van der Waals surface area contributed by atoms with E-state index in [1.54, 1.807) is 0 Å². The Balaban J connectivity index is 2.04. The van der Waals surface area contributed by atoms with Crippen LogP contribution in [0, 0.1) is 5.41 Å². The molecule has 82 valence electrons. The Hall–Kier alpha value is -0.0800. The predicted octanol–water partition coefficient (Wildman–Crippen LogP) is 1.31. The largest absolute Gasteiger partial charge is 0.375 e. The third-order valence-electron chi connectivity index (χ3n) is 4.27. The Morgan fingerprint density at radius 3 is 2.86 bits per heavy atom. The van der Waals surface area contributed by atoms with Crippen molar-refractivity contribution in [1.82, 2.24) is 0 Å². The molecule has 0 bridgehead atoms. The molecule has 0 radical (unpaired) electrons. The van der Waals surface area contributed by atoms with Gasteiger partial charge in [-0.25, -0.2) is 0 Å². The highest BCUT2D eigenvalue weighted by Crippen LogP contribution is 2.43. The van der Waals surface area contributed by atoms with Gasteiger partial charge >= 0.3 is 0 Å². The molecule has 2 nitrogen and oxygen atoms in total. The van der Waals surface area contributed by atoms with Crippen LogP contribution < -0.4 is 5.32 Å². The van der Waals surface area contributed by atoms with E-state index in [9.17, 15) is 0 Å². The molecule has 2 fully saturated rings. The number of piperidine rings is 1. The Labute approximate surface area is 87.4 Å². The molecule has 0 unspecified atom stereocenters. The van der Waals surface area contributed by atoms with Crippen molar-refractivity contribution in [3.8, 4) is 0 Å². The number of hydrogen-bond acceptors (Lipinski definition) is 1. The van der Waals surface area contributed by atoms with Gasteiger partial charge in [-0.3, -0.25) is 0 Å². The summed E-state index contributed by atoms with van der Waals surface area (Å²) in [6, 6.07) is 0. The molecular formula is C12H24NO+. The highest BCUT2D eigenvalue weighted by Gasteiger charge is 2.44. The summed E-state index contributed by atoms with van der Waals surface area (Å²) >= 11 is 0. The summed E-state index contributed by atoms with van der Waals surface area (Å²) in [6.45, 7) is 8.21. The zero-order chi connectivity index (χ0) is 10.1. The minimum atomic E-state index is 0.170. The summed E-state index contributed by atoms with van der Waals surface area (Å²) < 4.78 is 5.93. The molecule has 2 aliphatic rings. The predicted molar refractivity (Wildman–Crippen MR) is 57.2 cm³/mol. The van der Waals surface area contributed by atoms with Crippen molar-refractivity contribution in [3.05, 3.63) is 0 Å². The van der Waals surface area contributed by atoms with Crippen LogP contribution in [0.25, 0.3) is 0 Å². The van der Waals surface area contributed by atoms with Gasteiger partial charge in [-0.1, -0.05) is 6.92 Å². The SMILES string of the molecule is CC[C@]1(C)C[C@@]2(CCC[NH2+]C2)CCO1. The van der Waals surface area contributed by atoms with Crippen LogP contribution in [-0.2, 0) is 4.74 Å². The molecule has 2 heteroatoms. The van der Waals surface area contributed by atoms with Crippen molar-refractivity contribution in [3.63, 3.8) is 0 Å². The average molecular weight is 198 g/mol. The first kappa shape index (κ1) is 10.4. The fourth-order valence-electron chi connectivity index (χ4n) is 3.19. The molecule has 14 heavy (non-hydrogen) atoms. The second-order valence-electron chi connectivity index (χ2n) is 5.46. The Morgan fingerprint density at radius 1 is 1.36 bits per heavy atom. The number of nitrogens with two attached hydrogens (primary N) is 1. The third kappa shape index (κ3) is 1.96. The van der Waals surface area contributed by atoms with Gasteiger partial charge in [-0.15, -0.1) is 0 Å². The van der Waals surface area contributed by atoms with E-state index in [1.807, 2.05) is 0 Å². The Morgan fingerprint density at radius 2 is 2.21 bits per heavy atom. The standard InChI is InChI=1S/C12H23NO/c1-3-11(2)9-12(6-8-14-11)5-4-7-13-10-12/h13H,3-10H2,1-2H3/p+1/t11-,12-/m1/s1. The van der Waals surface area contributed by atoms with Gasteiger partial charge in [0.25, 0.3) is 0 Å². The van der Waals surface area contributed by atoms with Gasteiger partial charge in [0.2, 0.25) is 0 Å². The lowest BCUT2D eigenvalue weighted by molar-refractivity contribution is -0.678. The van der Waals surface area contributed by atoms with E-state index >= 15 is 0 Å². The molecule has 0 aliphatic carbocycles. The maximum atomic E-state index is 5.93. The summed E-state index contributed by atoms with van der Waals surface area (Å²) in [5, 5.41) is 2.50. The van der Waals surface area contributed by atoms with Crippen LogP contribution in [0.3, 0.4) is 0 Å². The highest BCUT2D eigenvalue weighted by atomic mass is 16.5. The molecule has 0 aromatic heterocycles. The Bertz CT molecular complexity index is 193. The van der Waals surface area contributed by atoms with Crippen LogP contribution in [0.2, 0.25) is 0 Å². The molecule has 0 aromatic rings. The molecule has 2 rings (SSSR count). The van der Waals surface area contributed by atoms with Gasteiger partial charge in [-0.05, 0) is 39.0 Å². The van der Waals surface area contributed by atoms with Crippen molar-refractivity contribution in [2.24, 2.45) is 5.41 Å². The van der Waals surface area contributed by atoms with E-state index in [1.165, 1.54) is 38.8 Å². The molecule has 0 saturated carbocycles. The van der Waals surface area contributed by atoms with Crippen molar-refractivity contribution < 1.29 is 10.1 Å². The number of rotatable bonds is 1. The maximum absolute atomic E-state index is 5.93. The molecule has 2 atom stereocenters. The zero-order valence-electron chi connectivity index (χ0n) is 9.64. The van der Waals surface area contributed by atoms with Crippen molar-refractivity contribution in [2.45, 2.75) is 51.6 Å². The molecule has 1 spiro atoms. The normalized spacial score (nSPS) is 44.1. The third-order valence-corrected chi connectivity index (χ3v) is 4.27. The lowest BCUT2D eigenvalue weighted by Gasteiger charge is -2.46. The van der Waals surface area contributed by atoms with Crippen LogP contribution in [-0.4, -0.2) is 25.3 Å². The summed E-state index contributed by atoms with van der Waals surface area (Å²) in [7, 11) is 0. The number of ether oxygens (including phenoxy) is 1. The maximum Gasteiger partial charge on any atom is 0.0814 e. The molecule has 2 N–H and O–H groups in total. The van der Waals surface area contributed by atoms with E-state index in [2.05, 4.69) is 19.2 Å². The van der Waals surface area contributed by atoms with Crippen molar-refractivity contribution in [1.29, 1.82) is 0 Å². The number of hydrogen-bond donors (Lipinski definition) is 1. The van der Waals surface area contributed by atoms with Crippen LogP contribution in [0.15, 0.2) is 0 Å². The summed E-state index contributed by atoms with van der Waals surface area (Å²) in [5.74, 6) is 0. The average Bonchev–Trinajstić information content (AvgIpc) is 2.19. The van der Waals surface area contributed by atoms with E-state index in [4.69, 9.17) is 4.74 Å². The van der Waals surface area contributed by atoms with Crippen LogP contribution in [0.4, 0.5) is 0 Å². The molecular weight excluding hydrogens is 174 g/mol. The fourth-order valence-corrected chi connectivity index (χ4v) is 3.19. The Kier molecular flexibility index (Phi) is 2.85. The zero-order valence-corrected chi connectivity index (χ0v) is 9.64. The van der Waals surface area contributed by atoms with E-state index in [0.29, 0.717) is 5.41 Å². The summed E-state index contributed by atoms with van der Waals surface area (Å²) in [4.78, 5) is 0. The minimum absolute atomic E-state index is 0.170. The molecule has 0 aromatic carbocycles. The van der Waals surface area contributed by atoms with Crippen LogP contribution in [0.5, 0.6) is 0 Å². The quantitative estimate of drug-likeness (QED) is 0.675. The number of quaternary nitrogens is 1. The summed E-state index contributed by atoms with van der Waals surface area (Å²) in [6.07, 6.45) is 6.57. The van der Waals surface area contributed by atoms with Gasteiger partial charge < -0.3 is 10.1 Å². The van der Waals surface area contributed by atoms with E-state index < -0.39 is 0 Å². The lowest BCUT2D eigenvalue weighted by atomic mass is 9.68. The van der Waals surface area contributed by atoms with Crippen molar-refractivity contribution >= 4 is 0 Å². The monoisotopic (exact) mass is 198 g/mol. The molecule has 2 heterocycles. The highest BCUT2D eigenvalue weighted by molar-refractivity contribution is 4.92. The first-order chi connectivity index (χ1) is 6.68. The van der Waals surface area contributed by atoms with Gasteiger partial charge in [0, 0.05) is 12.0 Å². The first-order valence-electron chi connectivity index (χ1n) is 6.14. The molecule has 0 amide bonds. The van der Waals surface area contributed by atoms with Crippen molar-refractivity contribution in [2.75, 3.05) is 19.7 Å². The summed E-state index contributed by atoms with van der Waals surface area (Å²) in [5.41, 5.74) is 0.782. The lowest BCUT2D eigenvalue weighted by Crippen LogP contribution is -2.89. The fraction of sp³-hybridized carbons (Fsp3) is 1.00. The van der Waals surface area contributed by atoms with Gasteiger partial charge in [0.15, 0.2) is 0 Å². The van der Waals surface area contributed by atoms with Crippen LogP contribution in [0.1, 0.15) is 46.0 Å². The molecule has 2 aliphatic heterocycles. The van der Waals surface area contributed by atoms with E-state index in [0.717, 1.165) is 13.0 Å². The second kappa shape index (κ2) is 3.82. The van der Waals surface area contributed by atoms with E-state index in [-0.39, 0.29) is 5.60 Å². The second-order valence-corrected chi connectivity index (χ2v) is 5.46. The smallest absolute Gasteiger partial charge is 0.0814 e. The minimum Gasteiger partial charge on any atom is -0.375 e. The molecule has 2 saturated heterocycles. The topological polar surface area (TPSA) is 25.8 Å². The first-order valence-corrected chi connectivity index (χ1v) is 6.14. The van der Waals surface area contributed by atoms with Gasteiger partial charge in [-0.2, -0.15) is 0 Å². The van der Waals surface area contributed by atoms with Gasteiger partial charge in [0.05, 0.1) is 18.7 Å². The van der Waals surface area contributed by atoms with Gasteiger partial charge in [0.1, 0.15) is 0 Å².